The minimum atomic E-state index is 0.569. The Hall–Kier alpha value is -0.640. The second-order valence-electron chi connectivity index (χ2n) is 4.20. The predicted molar refractivity (Wildman–Crippen MR) is 66.6 cm³/mol. The molecule has 4 heteroatoms. The van der Waals surface area contributed by atoms with Crippen LogP contribution in [0, 0.1) is 0 Å². The average Bonchev–Trinajstić information content (AvgIpc) is 2.33. The Kier molecular flexibility index (Phi) is 4.16. The van der Waals surface area contributed by atoms with E-state index >= 15 is 0 Å². The highest BCUT2D eigenvalue weighted by Crippen LogP contribution is 2.10. The van der Waals surface area contributed by atoms with Crippen molar-refractivity contribution in [1.82, 2.24) is 14.8 Å². The van der Waals surface area contributed by atoms with Crippen molar-refractivity contribution in [2.45, 2.75) is 13.5 Å². The third kappa shape index (κ3) is 3.17. The maximum Gasteiger partial charge on any atom is 0.129 e. The van der Waals surface area contributed by atoms with E-state index in [1.54, 1.807) is 0 Å². The third-order valence-electron chi connectivity index (χ3n) is 3.11. The van der Waals surface area contributed by atoms with E-state index in [0.29, 0.717) is 5.15 Å². The van der Waals surface area contributed by atoms with Gasteiger partial charge in [0.1, 0.15) is 5.15 Å². The first-order chi connectivity index (χ1) is 7.78. The fraction of sp³-hybridized carbons (Fsp3) is 0.583. The van der Waals surface area contributed by atoms with Gasteiger partial charge in [-0.15, -0.1) is 0 Å². The van der Waals surface area contributed by atoms with Crippen molar-refractivity contribution < 1.29 is 0 Å². The molecule has 0 bridgehead atoms. The first kappa shape index (κ1) is 11.8. The lowest BCUT2D eigenvalue weighted by Gasteiger charge is -2.33. The van der Waals surface area contributed by atoms with Crippen LogP contribution in [-0.4, -0.2) is 47.5 Å². The summed E-state index contributed by atoms with van der Waals surface area (Å²) in [5.41, 5.74) is 1.24. The number of hydrogen-bond donors (Lipinski definition) is 0. The molecule has 2 rings (SSSR count). The molecule has 0 N–H and O–H groups in total. The monoisotopic (exact) mass is 239 g/mol. The summed E-state index contributed by atoms with van der Waals surface area (Å²) in [4.78, 5) is 9.06. The van der Waals surface area contributed by atoms with Crippen LogP contribution in [0.4, 0.5) is 0 Å². The van der Waals surface area contributed by atoms with E-state index < -0.39 is 0 Å². The summed E-state index contributed by atoms with van der Waals surface area (Å²) < 4.78 is 0. The van der Waals surface area contributed by atoms with Gasteiger partial charge in [-0.05, 0) is 18.2 Å². The van der Waals surface area contributed by atoms with Gasteiger partial charge in [0, 0.05) is 38.9 Å². The summed E-state index contributed by atoms with van der Waals surface area (Å²) in [5.74, 6) is 0. The molecule has 0 spiro atoms. The predicted octanol–water partition coefficient (Wildman–Crippen LogP) is 1.87. The lowest BCUT2D eigenvalue weighted by atomic mass is 10.2. The Labute approximate surface area is 102 Å². The molecular formula is C12H18ClN3. The van der Waals surface area contributed by atoms with Gasteiger partial charge in [0.15, 0.2) is 0 Å². The van der Waals surface area contributed by atoms with E-state index in [-0.39, 0.29) is 0 Å². The number of hydrogen-bond acceptors (Lipinski definition) is 3. The molecule has 1 fully saturated rings. The van der Waals surface area contributed by atoms with E-state index in [0.717, 1.165) is 26.2 Å². The van der Waals surface area contributed by atoms with E-state index in [1.165, 1.54) is 18.7 Å². The zero-order chi connectivity index (χ0) is 11.4. The second kappa shape index (κ2) is 5.62. The van der Waals surface area contributed by atoms with Crippen molar-refractivity contribution >= 4 is 11.6 Å². The maximum absolute atomic E-state index is 5.76. The molecule has 0 unspecified atom stereocenters. The largest absolute Gasteiger partial charge is 0.301 e. The summed E-state index contributed by atoms with van der Waals surface area (Å²) in [6.45, 7) is 9.03. The number of aromatic nitrogens is 1. The molecule has 0 amide bonds. The molecule has 1 saturated heterocycles. The van der Waals surface area contributed by atoms with Crippen LogP contribution in [0.15, 0.2) is 18.3 Å². The Morgan fingerprint density at radius 3 is 2.44 bits per heavy atom. The van der Waals surface area contributed by atoms with Crippen LogP contribution in [0.25, 0.3) is 0 Å². The van der Waals surface area contributed by atoms with Crippen molar-refractivity contribution in [1.29, 1.82) is 0 Å². The normalized spacial score (nSPS) is 18.9. The summed E-state index contributed by atoms with van der Waals surface area (Å²) in [7, 11) is 0. The smallest absolute Gasteiger partial charge is 0.129 e. The van der Waals surface area contributed by atoms with Gasteiger partial charge in [0.25, 0.3) is 0 Å². The molecule has 2 heterocycles. The van der Waals surface area contributed by atoms with Crippen molar-refractivity contribution in [2.75, 3.05) is 32.7 Å². The molecule has 0 saturated carbocycles. The summed E-state index contributed by atoms with van der Waals surface area (Å²) in [5, 5.41) is 0.569. The van der Waals surface area contributed by atoms with E-state index in [9.17, 15) is 0 Å². The minimum absolute atomic E-state index is 0.569. The van der Waals surface area contributed by atoms with E-state index in [1.807, 2.05) is 12.3 Å². The van der Waals surface area contributed by atoms with Crippen LogP contribution in [0.5, 0.6) is 0 Å². The van der Waals surface area contributed by atoms with Gasteiger partial charge in [0.2, 0.25) is 0 Å². The molecule has 1 aromatic rings. The molecular weight excluding hydrogens is 222 g/mol. The molecule has 3 nitrogen and oxygen atoms in total. The van der Waals surface area contributed by atoms with Gasteiger partial charge in [-0.3, -0.25) is 4.90 Å². The van der Waals surface area contributed by atoms with Crippen molar-refractivity contribution in [3.05, 3.63) is 29.0 Å². The number of piperazine rings is 1. The highest BCUT2D eigenvalue weighted by atomic mass is 35.5. The number of nitrogens with zero attached hydrogens (tertiary/aromatic N) is 3. The standard InChI is InChI=1S/C12H18ClN3/c1-2-15-5-7-16(8-6-15)10-11-3-4-12(13)14-9-11/h3-4,9H,2,5-8,10H2,1H3. The van der Waals surface area contributed by atoms with Crippen LogP contribution in [-0.2, 0) is 6.54 Å². The zero-order valence-corrected chi connectivity index (χ0v) is 10.5. The molecule has 1 aliphatic rings. The number of rotatable bonds is 3. The first-order valence-corrected chi connectivity index (χ1v) is 6.21. The topological polar surface area (TPSA) is 19.4 Å². The molecule has 0 radical (unpaired) electrons. The Bertz CT molecular complexity index is 318. The number of halogens is 1. The van der Waals surface area contributed by atoms with E-state index in [2.05, 4.69) is 27.8 Å². The van der Waals surface area contributed by atoms with Crippen molar-refractivity contribution in [3.63, 3.8) is 0 Å². The summed E-state index contributed by atoms with van der Waals surface area (Å²) in [6.07, 6.45) is 1.87. The number of pyridine rings is 1. The van der Waals surface area contributed by atoms with Gasteiger partial charge in [-0.1, -0.05) is 24.6 Å². The molecule has 0 atom stereocenters. The van der Waals surface area contributed by atoms with Crippen LogP contribution in [0.2, 0.25) is 5.15 Å². The third-order valence-corrected chi connectivity index (χ3v) is 3.33. The quantitative estimate of drug-likeness (QED) is 0.751. The highest BCUT2D eigenvalue weighted by molar-refractivity contribution is 6.29. The van der Waals surface area contributed by atoms with Gasteiger partial charge in [-0.2, -0.15) is 0 Å². The lowest BCUT2D eigenvalue weighted by Crippen LogP contribution is -2.45. The molecule has 1 aromatic heterocycles. The van der Waals surface area contributed by atoms with Gasteiger partial charge >= 0.3 is 0 Å². The zero-order valence-electron chi connectivity index (χ0n) is 9.69. The molecule has 1 aliphatic heterocycles. The van der Waals surface area contributed by atoms with Crippen molar-refractivity contribution in [3.8, 4) is 0 Å². The SMILES string of the molecule is CCN1CCN(Cc2ccc(Cl)nc2)CC1. The van der Waals surface area contributed by atoms with Crippen LogP contribution in [0.1, 0.15) is 12.5 Å². The minimum Gasteiger partial charge on any atom is -0.301 e. The summed E-state index contributed by atoms with van der Waals surface area (Å²) >= 11 is 5.76. The molecule has 88 valence electrons. The molecule has 0 aliphatic carbocycles. The fourth-order valence-corrected chi connectivity index (χ4v) is 2.13. The average molecular weight is 240 g/mol. The van der Waals surface area contributed by atoms with Gasteiger partial charge in [0.05, 0.1) is 0 Å². The Morgan fingerprint density at radius 1 is 1.19 bits per heavy atom. The van der Waals surface area contributed by atoms with E-state index in [4.69, 9.17) is 11.6 Å². The van der Waals surface area contributed by atoms with Crippen LogP contribution >= 0.6 is 11.6 Å². The maximum atomic E-state index is 5.76. The lowest BCUT2D eigenvalue weighted by molar-refractivity contribution is 0.132. The first-order valence-electron chi connectivity index (χ1n) is 5.83. The van der Waals surface area contributed by atoms with Gasteiger partial charge in [-0.25, -0.2) is 4.98 Å². The Balaban J connectivity index is 1.84. The number of likely N-dealkylation sites (N-methyl/N-ethyl adjacent to an activating group) is 1. The molecule has 0 aromatic carbocycles. The summed E-state index contributed by atoms with van der Waals surface area (Å²) in [6, 6.07) is 3.92. The van der Waals surface area contributed by atoms with Crippen LogP contribution in [0.3, 0.4) is 0 Å². The Morgan fingerprint density at radius 2 is 1.88 bits per heavy atom. The van der Waals surface area contributed by atoms with Crippen LogP contribution < -0.4 is 0 Å². The van der Waals surface area contributed by atoms with Gasteiger partial charge < -0.3 is 4.90 Å². The highest BCUT2D eigenvalue weighted by Gasteiger charge is 2.15. The van der Waals surface area contributed by atoms with Crippen molar-refractivity contribution in [2.24, 2.45) is 0 Å². The fourth-order valence-electron chi connectivity index (χ4n) is 2.02. The second-order valence-corrected chi connectivity index (χ2v) is 4.59. The molecule has 16 heavy (non-hydrogen) atoms.